The molecule has 0 bridgehead atoms. The summed E-state index contributed by atoms with van der Waals surface area (Å²) < 4.78 is 2.59. The van der Waals surface area contributed by atoms with Crippen molar-refractivity contribution < 1.29 is 0 Å². The zero-order valence-corrected chi connectivity index (χ0v) is 31.9. The molecule has 0 aliphatic heterocycles. The van der Waals surface area contributed by atoms with Crippen LogP contribution in [0.25, 0.3) is 98.2 Å². The minimum atomic E-state index is -0.113. The van der Waals surface area contributed by atoms with Gasteiger partial charge in [0.15, 0.2) is 5.82 Å². The summed E-state index contributed by atoms with van der Waals surface area (Å²) in [7, 11) is 0. The van der Waals surface area contributed by atoms with Crippen LogP contribution in [0.5, 0.6) is 0 Å². The van der Waals surface area contributed by atoms with Crippen molar-refractivity contribution in [3.63, 3.8) is 0 Å². The van der Waals surface area contributed by atoms with E-state index in [-0.39, 0.29) is 5.41 Å². The lowest BCUT2D eigenvalue weighted by atomic mass is 9.82. The van der Waals surface area contributed by atoms with Crippen molar-refractivity contribution in [2.75, 3.05) is 0 Å². The van der Waals surface area contributed by atoms with Gasteiger partial charge in [-0.2, -0.15) is 0 Å². The number of hydrogen-bond donors (Lipinski definition) is 0. The van der Waals surface area contributed by atoms with E-state index in [1.807, 2.05) is 17.4 Å². The molecule has 8 aromatic carbocycles. The molecule has 0 amide bonds. The van der Waals surface area contributed by atoms with E-state index in [0.29, 0.717) is 5.82 Å². The first-order chi connectivity index (χ1) is 27.5. The third-order valence-electron chi connectivity index (χ3n) is 11.7. The van der Waals surface area contributed by atoms with E-state index in [0.717, 1.165) is 39.2 Å². The van der Waals surface area contributed by atoms with Crippen LogP contribution in [0.4, 0.5) is 0 Å². The second-order valence-corrected chi connectivity index (χ2v) is 16.5. The summed E-state index contributed by atoms with van der Waals surface area (Å²) in [6.07, 6.45) is 0. The van der Waals surface area contributed by atoms with Gasteiger partial charge in [0.1, 0.15) is 0 Å². The summed E-state index contributed by atoms with van der Waals surface area (Å²) in [5, 5.41) is 5.12. The largest absolute Gasteiger partial charge is 0.228 e. The molecule has 10 aromatic rings. The minimum absolute atomic E-state index is 0.113. The lowest BCUT2D eigenvalue weighted by Gasteiger charge is -2.21. The fourth-order valence-corrected chi connectivity index (χ4v) is 10.1. The maximum Gasteiger partial charge on any atom is 0.160 e. The Labute approximate surface area is 330 Å². The first-order valence-electron chi connectivity index (χ1n) is 19.2. The number of benzene rings is 8. The second-order valence-electron chi connectivity index (χ2n) is 15.4. The predicted molar refractivity (Wildman–Crippen MR) is 237 cm³/mol. The molecule has 0 saturated heterocycles. The van der Waals surface area contributed by atoms with Crippen molar-refractivity contribution in [1.29, 1.82) is 0 Å². The fourth-order valence-electron chi connectivity index (χ4n) is 8.90. The van der Waals surface area contributed by atoms with Crippen molar-refractivity contribution in [1.82, 2.24) is 9.97 Å². The van der Waals surface area contributed by atoms with Gasteiger partial charge in [0, 0.05) is 42.3 Å². The number of nitrogens with zero attached hydrogens (tertiary/aromatic N) is 2. The SMILES string of the molecule is CC1(C)c2ccccc2-c2c(-c3cc(-c4cc(-c5ccccc5)cc(-c5cccc6sc7cc8ccccc8cc7c56)c4)nc(-c4ccccc4)n3)cccc21. The van der Waals surface area contributed by atoms with Crippen molar-refractivity contribution in [2.45, 2.75) is 19.3 Å². The zero-order valence-electron chi connectivity index (χ0n) is 31.1. The summed E-state index contributed by atoms with van der Waals surface area (Å²) >= 11 is 1.87. The van der Waals surface area contributed by atoms with Gasteiger partial charge in [-0.05, 0) is 97.7 Å². The van der Waals surface area contributed by atoms with Crippen LogP contribution in [0.2, 0.25) is 0 Å². The van der Waals surface area contributed by atoms with Crippen molar-refractivity contribution in [3.05, 3.63) is 193 Å². The van der Waals surface area contributed by atoms with E-state index < -0.39 is 0 Å². The summed E-state index contributed by atoms with van der Waals surface area (Å²) in [5.74, 6) is 0.714. The molecule has 1 aliphatic carbocycles. The van der Waals surface area contributed by atoms with Gasteiger partial charge in [-0.15, -0.1) is 11.3 Å². The maximum absolute atomic E-state index is 5.36. The van der Waals surface area contributed by atoms with Crippen LogP contribution in [-0.4, -0.2) is 9.97 Å². The summed E-state index contributed by atoms with van der Waals surface area (Å²) in [5.41, 5.74) is 14.8. The Morgan fingerprint density at radius 2 is 1.02 bits per heavy atom. The molecule has 0 saturated carbocycles. The average Bonchev–Trinajstić information content (AvgIpc) is 3.74. The molecule has 0 fully saturated rings. The van der Waals surface area contributed by atoms with Crippen LogP contribution in [-0.2, 0) is 5.41 Å². The molecule has 11 rings (SSSR count). The van der Waals surface area contributed by atoms with Crippen molar-refractivity contribution in [3.8, 4) is 67.3 Å². The van der Waals surface area contributed by atoms with Crippen LogP contribution < -0.4 is 0 Å². The molecule has 0 atom stereocenters. The monoisotopic (exact) mass is 732 g/mol. The molecule has 1 aliphatic rings. The highest BCUT2D eigenvalue weighted by Crippen LogP contribution is 2.52. The number of fused-ring (bicyclic) bond motifs is 7. The Kier molecular flexibility index (Phi) is 7.42. The predicted octanol–water partition coefficient (Wildman–Crippen LogP) is 14.6. The Bertz CT molecular complexity index is 3160. The third-order valence-corrected chi connectivity index (χ3v) is 12.8. The molecule has 2 heterocycles. The zero-order chi connectivity index (χ0) is 37.4. The van der Waals surface area contributed by atoms with Crippen LogP contribution in [0, 0.1) is 0 Å². The lowest BCUT2D eigenvalue weighted by molar-refractivity contribution is 0.660. The van der Waals surface area contributed by atoms with Gasteiger partial charge < -0.3 is 0 Å². The van der Waals surface area contributed by atoms with Crippen LogP contribution in [0.3, 0.4) is 0 Å². The van der Waals surface area contributed by atoms with Gasteiger partial charge >= 0.3 is 0 Å². The summed E-state index contributed by atoms with van der Waals surface area (Å²) in [4.78, 5) is 10.7. The van der Waals surface area contributed by atoms with Crippen LogP contribution in [0.15, 0.2) is 182 Å². The van der Waals surface area contributed by atoms with Gasteiger partial charge in [-0.1, -0.05) is 153 Å². The molecule has 2 aromatic heterocycles. The van der Waals surface area contributed by atoms with Crippen LogP contribution in [0.1, 0.15) is 25.0 Å². The standard InChI is InChI=1S/C53H36N2S/c1-53(2)44-24-12-11-21-41(44)50-42(23-13-25-45(50)53)47-32-46(54-52(55-47)34-17-7-4-8-18-34)39-28-37(33-15-5-3-6-16-33)27-38(29-39)40-22-14-26-48-51(40)43-30-35-19-9-10-20-36(35)31-49(43)56-48/h3-32H,1-2H3. The van der Waals surface area contributed by atoms with Gasteiger partial charge in [-0.25, -0.2) is 9.97 Å². The molecule has 264 valence electrons. The third kappa shape index (κ3) is 5.23. The average molecular weight is 733 g/mol. The summed E-state index contributed by atoms with van der Waals surface area (Å²) in [6.45, 7) is 4.66. The molecule has 0 radical (unpaired) electrons. The Morgan fingerprint density at radius 1 is 0.411 bits per heavy atom. The highest BCUT2D eigenvalue weighted by Gasteiger charge is 2.36. The molecular weight excluding hydrogens is 697 g/mol. The van der Waals surface area contributed by atoms with E-state index in [1.165, 1.54) is 64.3 Å². The van der Waals surface area contributed by atoms with E-state index >= 15 is 0 Å². The van der Waals surface area contributed by atoms with E-state index in [4.69, 9.17) is 9.97 Å². The molecule has 3 heteroatoms. The van der Waals surface area contributed by atoms with Gasteiger partial charge in [0.2, 0.25) is 0 Å². The maximum atomic E-state index is 5.36. The number of rotatable bonds is 5. The summed E-state index contributed by atoms with van der Waals surface area (Å²) in [6, 6.07) is 66.0. The topological polar surface area (TPSA) is 25.8 Å². The first kappa shape index (κ1) is 32.7. The smallest absolute Gasteiger partial charge is 0.160 e. The van der Waals surface area contributed by atoms with Gasteiger partial charge in [-0.3, -0.25) is 0 Å². The highest BCUT2D eigenvalue weighted by atomic mass is 32.1. The van der Waals surface area contributed by atoms with Gasteiger partial charge in [0.05, 0.1) is 11.4 Å². The molecule has 2 nitrogen and oxygen atoms in total. The number of thiophene rings is 1. The Hall–Kier alpha value is -6.68. The Morgan fingerprint density at radius 3 is 1.84 bits per heavy atom. The van der Waals surface area contributed by atoms with E-state index in [1.54, 1.807) is 0 Å². The lowest BCUT2D eigenvalue weighted by Crippen LogP contribution is -2.14. The number of hydrogen-bond acceptors (Lipinski definition) is 3. The van der Waals surface area contributed by atoms with E-state index in [2.05, 4.69) is 190 Å². The highest BCUT2D eigenvalue weighted by molar-refractivity contribution is 7.26. The quantitative estimate of drug-likeness (QED) is 0.176. The van der Waals surface area contributed by atoms with Crippen LogP contribution >= 0.6 is 11.3 Å². The first-order valence-corrected chi connectivity index (χ1v) is 20.0. The molecule has 0 unspecified atom stereocenters. The van der Waals surface area contributed by atoms with Crippen molar-refractivity contribution in [2.24, 2.45) is 0 Å². The molecule has 0 spiro atoms. The fraction of sp³-hybridized carbons (Fsp3) is 0.0566. The normalized spacial score (nSPS) is 13.0. The molecule has 0 N–H and O–H groups in total. The second kappa shape index (κ2) is 12.7. The van der Waals surface area contributed by atoms with E-state index in [9.17, 15) is 0 Å². The molecular formula is C53H36N2S. The minimum Gasteiger partial charge on any atom is -0.228 e. The number of aromatic nitrogens is 2. The molecule has 56 heavy (non-hydrogen) atoms. The van der Waals surface area contributed by atoms with Gasteiger partial charge in [0.25, 0.3) is 0 Å². The Balaban J connectivity index is 1.17. The van der Waals surface area contributed by atoms with Crippen molar-refractivity contribution >= 4 is 42.3 Å².